The highest BCUT2D eigenvalue weighted by Gasteiger charge is 2.66. The average molecular weight is 414 g/mol. The number of hydrogen-bond donors (Lipinski definition) is 1. The first-order valence-electron chi connectivity index (χ1n) is 10.6. The van der Waals surface area contributed by atoms with Crippen LogP contribution in [0.2, 0.25) is 0 Å². The topological polar surface area (TPSA) is 32.7 Å². The number of aliphatic hydroxyl groups is 1. The second-order valence-corrected chi connectivity index (χ2v) is 9.80. The number of rotatable bonds is 4. The van der Waals surface area contributed by atoms with Gasteiger partial charge < -0.3 is 9.84 Å². The van der Waals surface area contributed by atoms with E-state index in [1.54, 1.807) is 4.90 Å². The molecule has 3 nitrogen and oxygen atoms in total. The number of nitrogens with zero attached hydrogens (tertiary/aromatic N) is 1. The van der Waals surface area contributed by atoms with Crippen LogP contribution >= 0.6 is 0 Å². The third-order valence-electron chi connectivity index (χ3n) is 7.19. The van der Waals surface area contributed by atoms with Gasteiger partial charge in [-0.15, -0.1) is 0 Å². The molecule has 0 amide bonds. The molecule has 2 fully saturated rings. The van der Waals surface area contributed by atoms with E-state index in [2.05, 4.69) is 6.92 Å². The van der Waals surface area contributed by atoms with Gasteiger partial charge in [-0.05, 0) is 44.1 Å². The van der Waals surface area contributed by atoms with Gasteiger partial charge in [-0.2, -0.15) is 13.2 Å². The summed E-state index contributed by atoms with van der Waals surface area (Å²) in [6.45, 7) is 9.27. The van der Waals surface area contributed by atoms with Crippen LogP contribution in [0.25, 0.3) is 0 Å². The fourth-order valence-electron chi connectivity index (χ4n) is 5.20. The van der Waals surface area contributed by atoms with Gasteiger partial charge in [0.05, 0.1) is 6.10 Å². The van der Waals surface area contributed by atoms with Crippen LogP contribution in [0.4, 0.5) is 13.2 Å². The first-order chi connectivity index (χ1) is 13.4. The molecule has 1 saturated carbocycles. The molecule has 2 aliphatic rings. The number of fused-ring (bicyclic) bond motifs is 1. The van der Waals surface area contributed by atoms with Gasteiger partial charge >= 0.3 is 6.18 Å². The van der Waals surface area contributed by atoms with Crippen molar-refractivity contribution in [3.8, 4) is 0 Å². The van der Waals surface area contributed by atoms with Gasteiger partial charge in [-0.3, -0.25) is 4.90 Å². The quantitative estimate of drug-likeness (QED) is 0.720. The standard InChI is InChI=1S/C23H34F3NO2/c1-15(2)22(28,23(24,25)26)20-27(14-17-9-7-6-8-10-17)21(4,5)18-12-11-16(3)13-19(18)29-20/h6-10,15-16,18-20,28H,11-14H2,1-5H3/t16?,18?,19?,20?,22-/m0/s1. The lowest BCUT2D eigenvalue weighted by Gasteiger charge is -2.60. The molecule has 1 aliphatic carbocycles. The first kappa shape index (κ1) is 22.6. The van der Waals surface area contributed by atoms with Crippen LogP contribution in [-0.4, -0.2) is 39.7 Å². The maximum absolute atomic E-state index is 14.2. The molecular weight excluding hydrogens is 379 g/mol. The molecule has 5 atom stereocenters. The van der Waals surface area contributed by atoms with Crippen molar-refractivity contribution in [1.82, 2.24) is 4.90 Å². The van der Waals surface area contributed by atoms with E-state index >= 15 is 0 Å². The molecular formula is C23H34F3NO2. The summed E-state index contributed by atoms with van der Waals surface area (Å²) in [5.41, 5.74) is -2.59. The Morgan fingerprint density at radius 2 is 1.79 bits per heavy atom. The number of halogens is 3. The Hall–Kier alpha value is -1.11. The van der Waals surface area contributed by atoms with E-state index in [9.17, 15) is 18.3 Å². The second-order valence-electron chi connectivity index (χ2n) is 9.80. The highest BCUT2D eigenvalue weighted by molar-refractivity contribution is 5.17. The molecule has 164 valence electrons. The van der Waals surface area contributed by atoms with E-state index in [1.165, 1.54) is 13.8 Å². The molecule has 1 aromatic rings. The SMILES string of the molecule is CC1CCC2C(C1)OC([C@@](O)(C(C)C)C(F)(F)F)N(Cc1ccccc1)C2(C)C. The summed E-state index contributed by atoms with van der Waals surface area (Å²) >= 11 is 0. The Bertz CT molecular complexity index is 691. The molecule has 0 spiro atoms. The van der Waals surface area contributed by atoms with Gasteiger partial charge in [0.25, 0.3) is 0 Å². The lowest BCUT2D eigenvalue weighted by molar-refractivity contribution is -0.371. The minimum Gasteiger partial charge on any atom is -0.377 e. The van der Waals surface area contributed by atoms with Crippen molar-refractivity contribution in [1.29, 1.82) is 0 Å². The van der Waals surface area contributed by atoms with Crippen LogP contribution in [0.15, 0.2) is 30.3 Å². The number of ether oxygens (including phenoxy) is 1. The van der Waals surface area contributed by atoms with E-state index in [0.717, 1.165) is 24.8 Å². The van der Waals surface area contributed by atoms with Crippen LogP contribution in [0.5, 0.6) is 0 Å². The van der Waals surface area contributed by atoms with Gasteiger partial charge in [0, 0.05) is 18.0 Å². The molecule has 1 heterocycles. The van der Waals surface area contributed by atoms with Crippen molar-refractivity contribution in [3.63, 3.8) is 0 Å². The lowest BCUT2D eigenvalue weighted by Crippen LogP contribution is -2.73. The zero-order valence-corrected chi connectivity index (χ0v) is 18.0. The Balaban J connectivity index is 2.08. The third-order valence-corrected chi connectivity index (χ3v) is 7.19. The molecule has 0 aromatic heterocycles. The molecule has 6 heteroatoms. The Labute approximate surface area is 172 Å². The summed E-state index contributed by atoms with van der Waals surface area (Å²) in [4.78, 5) is 1.76. The second kappa shape index (κ2) is 7.86. The normalized spacial score (nSPS) is 32.6. The van der Waals surface area contributed by atoms with Gasteiger partial charge in [0.15, 0.2) is 0 Å². The summed E-state index contributed by atoms with van der Waals surface area (Å²) in [7, 11) is 0. The zero-order chi connectivity index (χ0) is 21.6. The van der Waals surface area contributed by atoms with Crippen molar-refractivity contribution in [2.24, 2.45) is 17.8 Å². The molecule has 1 aromatic carbocycles. The van der Waals surface area contributed by atoms with Crippen molar-refractivity contribution in [2.45, 2.75) is 90.1 Å². The molecule has 1 N–H and O–H groups in total. The average Bonchev–Trinajstić information content (AvgIpc) is 2.62. The minimum atomic E-state index is -4.80. The van der Waals surface area contributed by atoms with Gasteiger partial charge in [0.2, 0.25) is 5.60 Å². The molecule has 3 rings (SSSR count). The Kier molecular flexibility index (Phi) is 6.12. The monoisotopic (exact) mass is 413 g/mol. The fourth-order valence-corrected chi connectivity index (χ4v) is 5.20. The van der Waals surface area contributed by atoms with E-state index in [1.807, 2.05) is 44.2 Å². The van der Waals surface area contributed by atoms with Crippen molar-refractivity contribution >= 4 is 0 Å². The molecule has 0 radical (unpaired) electrons. The van der Waals surface area contributed by atoms with Crippen molar-refractivity contribution in [3.05, 3.63) is 35.9 Å². The van der Waals surface area contributed by atoms with Crippen LogP contribution in [0.3, 0.4) is 0 Å². The largest absolute Gasteiger partial charge is 0.421 e. The highest BCUT2D eigenvalue weighted by Crippen LogP contribution is 2.51. The van der Waals surface area contributed by atoms with Crippen LogP contribution in [0.1, 0.15) is 59.4 Å². The predicted octanol–water partition coefficient (Wildman–Crippen LogP) is 5.38. The minimum absolute atomic E-state index is 0.128. The summed E-state index contributed by atoms with van der Waals surface area (Å²) in [6.07, 6.45) is -3.84. The Morgan fingerprint density at radius 1 is 1.17 bits per heavy atom. The molecule has 4 unspecified atom stereocenters. The van der Waals surface area contributed by atoms with E-state index in [0.29, 0.717) is 12.5 Å². The van der Waals surface area contributed by atoms with Crippen LogP contribution in [-0.2, 0) is 11.3 Å². The van der Waals surface area contributed by atoms with Gasteiger partial charge in [-0.1, -0.05) is 57.5 Å². The number of alkyl halides is 3. The summed E-state index contributed by atoms with van der Waals surface area (Å²) in [5, 5.41) is 11.1. The highest BCUT2D eigenvalue weighted by atomic mass is 19.4. The Morgan fingerprint density at radius 3 is 2.34 bits per heavy atom. The molecule has 1 saturated heterocycles. The molecule has 0 bridgehead atoms. The summed E-state index contributed by atoms with van der Waals surface area (Å²) in [6, 6.07) is 9.46. The van der Waals surface area contributed by atoms with Crippen molar-refractivity contribution < 1.29 is 23.0 Å². The maximum Gasteiger partial charge on any atom is 0.421 e. The van der Waals surface area contributed by atoms with Gasteiger partial charge in [0.1, 0.15) is 6.23 Å². The zero-order valence-electron chi connectivity index (χ0n) is 18.0. The fraction of sp³-hybridized carbons (Fsp3) is 0.739. The van der Waals surface area contributed by atoms with Crippen LogP contribution in [0, 0.1) is 17.8 Å². The maximum atomic E-state index is 14.2. The predicted molar refractivity (Wildman–Crippen MR) is 107 cm³/mol. The molecule has 29 heavy (non-hydrogen) atoms. The number of hydrogen-bond acceptors (Lipinski definition) is 3. The smallest absolute Gasteiger partial charge is 0.377 e. The summed E-state index contributed by atoms with van der Waals surface area (Å²) < 4.78 is 48.9. The first-order valence-corrected chi connectivity index (χ1v) is 10.6. The number of benzene rings is 1. The van der Waals surface area contributed by atoms with Gasteiger partial charge in [-0.25, -0.2) is 0 Å². The van der Waals surface area contributed by atoms with Crippen molar-refractivity contribution in [2.75, 3.05) is 0 Å². The van der Waals surface area contributed by atoms with E-state index in [4.69, 9.17) is 4.74 Å². The van der Waals surface area contributed by atoms with Crippen LogP contribution < -0.4 is 0 Å². The summed E-state index contributed by atoms with van der Waals surface area (Å²) in [5.74, 6) is -0.506. The third kappa shape index (κ3) is 3.96. The van der Waals surface area contributed by atoms with E-state index < -0.39 is 29.5 Å². The molecule has 1 aliphatic heterocycles. The van der Waals surface area contributed by atoms with E-state index in [-0.39, 0.29) is 12.0 Å². The lowest BCUT2D eigenvalue weighted by atomic mass is 9.68.